The molecule has 2 fully saturated rings. The van der Waals surface area contributed by atoms with Crippen LogP contribution >= 0.6 is 0 Å². The minimum Gasteiger partial charge on any atom is -0.374 e. The van der Waals surface area contributed by atoms with Crippen LogP contribution in [0.1, 0.15) is 46.0 Å². The van der Waals surface area contributed by atoms with Gasteiger partial charge < -0.3 is 10.1 Å². The number of morpholine rings is 1. The molecule has 112 valence electrons. The van der Waals surface area contributed by atoms with Crippen LogP contribution in [0, 0.1) is 11.8 Å². The Morgan fingerprint density at radius 3 is 2.74 bits per heavy atom. The molecule has 0 aromatic carbocycles. The average Bonchev–Trinajstić information content (AvgIpc) is 2.46. The van der Waals surface area contributed by atoms with E-state index in [1.807, 2.05) is 0 Å². The van der Waals surface area contributed by atoms with Crippen molar-refractivity contribution >= 4 is 0 Å². The summed E-state index contributed by atoms with van der Waals surface area (Å²) in [7, 11) is 0. The zero-order valence-electron chi connectivity index (χ0n) is 12.9. The Bertz CT molecular complexity index is 239. The molecule has 1 N–H and O–H groups in total. The van der Waals surface area contributed by atoms with Crippen molar-refractivity contribution < 1.29 is 4.74 Å². The Morgan fingerprint density at radius 2 is 2.00 bits per heavy atom. The van der Waals surface area contributed by atoms with E-state index in [0.29, 0.717) is 6.10 Å². The zero-order valence-corrected chi connectivity index (χ0v) is 12.9. The molecule has 3 heteroatoms. The van der Waals surface area contributed by atoms with Gasteiger partial charge in [-0.1, -0.05) is 39.5 Å². The van der Waals surface area contributed by atoms with Gasteiger partial charge in [-0.05, 0) is 31.3 Å². The molecule has 1 unspecified atom stereocenters. The molecular weight excluding hydrogens is 236 g/mol. The normalized spacial score (nSPS) is 33.5. The second-order valence-electron chi connectivity index (χ2n) is 6.50. The van der Waals surface area contributed by atoms with Crippen LogP contribution in [0.2, 0.25) is 0 Å². The van der Waals surface area contributed by atoms with Gasteiger partial charge in [0.25, 0.3) is 0 Å². The highest BCUT2D eigenvalue weighted by molar-refractivity contribution is 4.74. The average molecular weight is 268 g/mol. The molecule has 1 saturated carbocycles. The predicted octanol–water partition coefficient (Wildman–Crippen LogP) is 2.51. The van der Waals surface area contributed by atoms with E-state index in [-0.39, 0.29) is 0 Å². The van der Waals surface area contributed by atoms with E-state index in [9.17, 15) is 0 Å². The molecule has 3 nitrogen and oxygen atoms in total. The van der Waals surface area contributed by atoms with E-state index >= 15 is 0 Å². The number of rotatable bonds is 6. The van der Waals surface area contributed by atoms with Crippen LogP contribution in [0.15, 0.2) is 0 Å². The molecule has 1 atom stereocenters. The summed E-state index contributed by atoms with van der Waals surface area (Å²) in [5.41, 5.74) is 0. The maximum absolute atomic E-state index is 5.81. The molecule has 1 saturated heterocycles. The lowest BCUT2D eigenvalue weighted by Crippen LogP contribution is -2.46. The fourth-order valence-electron chi connectivity index (χ4n) is 3.38. The van der Waals surface area contributed by atoms with E-state index in [1.54, 1.807) is 0 Å². The smallest absolute Gasteiger partial charge is 0.0826 e. The van der Waals surface area contributed by atoms with Gasteiger partial charge in [-0.3, -0.25) is 4.90 Å². The van der Waals surface area contributed by atoms with E-state index in [4.69, 9.17) is 4.74 Å². The van der Waals surface area contributed by atoms with Crippen molar-refractivity contribution in [3.63, 3.8) is 0 Å². The number of likely N-dealkylation sites (N-methyl/N-ethyl adjacent to an activating group) is 1. The minimum atomic E-state index is 0.403. The topological polar surface area (TPSA) is 24.5 Å². The summed E-state index contributed by atoms with van der Waals surface area (Å²) in [6.45, 7) is 11.1. The second-order valence-corrected chi connectivity index (χ2v) is 6.50. The van der Waals surface area contributed by atoms with Gasteiger partial charge >= 0.3 is 0 Å². The van der Waals surface area contributed by atoms with Gasteiger partial charge in [-0.15, -0.1) is 0 Å². The summed E-state index contributed by atoms with van der Waals surface area (Å²) >= 11 is 0. The molecule has 0 aromatic rings. The number of nitrogens with zero attached hydrogens (tertiary/aromatic N) is 1. The van der Waals surface area contributed by atoms with Gasteiger partial charge in [-0.25, -0.2) is 0 Å². The first-order valence-corrected chi connectivity index (χ1v) is 8.32. The Hall–Kier alpha value is -0.120. The van der Waals surface area contributed by atoms with Crippen LogP contribution in [0.5, 0.6) is 0 Å². The number of hydrogen-bond donors (Lipinski definition) is 1. The highest BCUT2D eigenvalue weighted by atomic mass is 16.5. The standard InChI is InChI=1S/C16H32N2O/c1-3-18-10-11-19-16(13-18)12-17-9-8-15-6-4-14(2)5-7-15/h14-17H,3-13H2,1-2H3. The molecule has 1 aliphatic carbocycles. The summed E-state index contributed by atoms with van der Waals surface area (Å²) in [4.78, 5) is 2.48. The molecule has 19 heavy (non-hydrogen) atoms. The lowest BCUT2D eigenvalue weighted by atomic mass is 9.81. The molecule has 0 spiro atoms. The van der Waals surface area contributed by atoms with Crippen molar-refractivity contribution in [2.75, 3.05) is 39.3 Å². The number of nitrogens with one attached hydrogen (secondary N) is 1. The van der Waals surface area contributed by atoms with Crippen molar-refractivity contribution in [1.82, 2.24) is 10.2 Å². The highest BCUT2D eigenvalue weighted by Gasteiger charge is 2.20. The summed E-state index contributed by atoms with van der Waals surface area (Å²) < 4.78 is 5.81. The lowest BCUT2D eigenvalue weighted by molar-refractivity contribution is -0.0253. The largest absolute Gasteiger partial charge is 0.374 e. The SMILES string of the molecule is CCN1CCOC(CNCCC2CCC(C)CC2)C1. The summed E-state index contributed by atoms with van der Waals surface area (Å²) in [5, 5.41) is 3.61. The van der Waals surface area contributed by atoms with E-state index in [2.05, 4.69) is 24.1 Å². The molecule has 2 rings (SSSR count). The van der Waals surface area contributed by atoms with Crippen molar-refractivity contribution in [2.24, 2.45) is 11.8 Å². The van der Waals surface area contributed by atoms with Crippen LogP contribution in [0.4, 0.5) is 0 Å². The fourth-order valence-corrected chi connectivity index (χ4v) is 3.38. The van der Waals surface area contributed by atoms with E-state index in [0.717, 1.165) is 44.6 Å². The van der Waals surface area contributed by atoms with Crippen LogP contribution < -0.4 is 5.32 Å². The Labute approximate surface area is 119 Å². The maximum atomic E-state index is 5.81. The molecule has 0 bridgehead atoms. The maximum Gasteiger partial charge on any atom is 0.0826 e. The van der Waals surface area contributed by atoms with Gasteiger partial charge in [-0.2, -0.15) is 0 Å². The van der Waals surface area contributed by atoms with Crippen molar-refractivity contribution in [2.45, 2.75) is 52.1 Å². The minimum absolute atomic E-state index is 0.403. The molecule has 0 radical (unpaired) electrons. The molecule has 1 heterocycles. The summed E-state index contributed by atoms with van der Waals surface area (Å²) in [6.07, 6.45) is 7.56. The first kappa shape index (κ1) is 15.3. The van der Waals surface area contributed by atoms with Crippen molar-refractivity contribution in [3.05, 3.63) is 0 Å². The van der Waals surface area contributed by atoms with Crippen LogP contribution in [0.3, 0.4) is 0 Å². The van der Waals surface area contributed by atoms with E-state index in [1.165, 1.54) is 38.6 Å². The summed E-state index contributed by atoms with van der Waals surface area (Å²) in [6, 6.07) is 0. The first-order chi connectivity index (χ1) is 9.28. The Morgan fingerprint density at radius 1 is 1.21 bits per heavy atom. The number of hydrogen-bond acceptors (Lipinski definition) is 3. The zero-order chi connectivity index (χ0) is 13.5. The fraction of sp³-hybridized carbons (Fsp3) is 1.00. The van der Waals surface area contributed by atoms with Crippen LogP contribution in [0.25, 0.3) is 0 Å². The molecular formula is C16H32N2O. The van der Waals surface area contributed by atoms with Crippen molar-refractivity contribution in [1.29, 1.82) is 0 Å². The molecule has 1 aliphatic heterocycles. The molecule has 0 aromatic heterocycles. The monoisotopic (exact) mass is 268 g/mol. The Kier molecular flexibility index (Phi) is 6.62. The third-order valence-electron chi connectivity index (χ3n) is 4.91. The third kappa shape index (κ3) is 5.41. The first-order valence-electron chi connectivity index (χ1n) is 8.32. The Balaban J connectivity index is 1.52. The van der Waals surface area contributed by atoms with Gasteiger partial charge in [0, 0.05) is 19.6 Å². The third-order valence-corrected chi connectivity index (χ3v) is 4.91. The quantitative estimate of drug-likeness (QED) is 0.749. The molecule has 0 amide bonds. The van der Waals surface area contributed by atoms with Crippen molar-refractivity contribution in [3.8, 4) is 0 Å². The van der Waals surface area contributed by atoms with Crippen LogP contribution in [-0.2, 0) is 4.74 Å². The van der Waals surface area contributed by atoms with Gasteiger partial charge in [0.2, 0.25) is 0 Å². The van der Waals surface area contributed by atoms with Crippen LogP contribution in [-0.4, -0.2) is 50.3 Å². The lowest BCUT2D eigenvalue weighted by Gasteiger charge is -2.32. The number of ether oxygens (including phenoxy) is 1. The van der Waals surface area contributed by atoms with Gasteiger partial charge in [0.1, 0.15) is 0 Å². The van der Waals surface area contributed by atoms with Gasteiger partial charge in [0.05, 0.1) is 12.7 Å². The van der Waals surface area contributed by atoms with Gasteiger partial charge in [0.15, 0.2) is 0 Å². The summed E-state index contributed by atoms with van der Waals surface area (Å²) in [5.74, 6) is 1.95. The molecule has 2 aliphatic rings. The predicted molar refractivity (Wildman–Crippen MR) is 80.5 cm³/mol. The second kappa shape index (κ2) is 8.23. The highest BCUT2D eigenvalue weighted by Crippen LogP contribution is 2.29. The van der Waals surface area contributed by atoms with E-state index < -0.39 is 0 Å².